The number of piperidine rings is 1. The maximum atomic E-state index is 13.3. The van der Waals surface area contributed by atoms with E-state index in [1.807, 2.05) is 0 Å². The fourth-order valence-corrected chi connectivity index (χ4v) is 1.78. The topological polar surface area (TPSA) is 38.3 Å². The zero-order valence-electron chi connectivity index (χ0n) is 8.91. The van der Waals surface area contributed by atoms with Crippen LogP contribution in [-0.2, 0) is 0 Å². The van der Waals surface area contributed by atoms with E-state index >= 15 is 0 Å². The van der Waals surface area contributed by atoms with Gasteiger partial charge in [-0.15, -0.1) is 0 Å². The van der Waals surface area contributed by atoms with Gasteiger partial charge in [-0.25, -0.2) is 4.39 Å². The number of halogens is 1. The summed E-state index contributed by atoms with van der Waals surface area (Å²) in [5.74, 6) is -0.0311. The number of hydrogen-bond donors (Lipinski definition) is 1. The number of carbonyl (C=O) groups is 1. The van der Waals surface area contributed by atoms with Gasteiger partial charge in [-0.3, -0.25) is 4.79 Å². The van der Waals surface area contributed by atoms with Crippen molar-refractivity contribution in [2.45, 2.75) is 18.9 Å². The maximum absolute atomic E-state index is 13.3. The summed E-state index contributed by atoms with van der Waals surface area (Å²) < 4.78 is 18.9. The lowest BCUT2D eigenvalue weighted by atomic mass is 10.1. The fourth-order valence-electron chi connectivity index (χ4n) is 1.78. The van der Waals surface area contributed by atoms with Crippen molar-refractivity contribution in [1.82, 2.24) is 5.32 Å². The fraction of sp³-hybridized carbons (Fsp3) is 0.417. The van der Waals surface area contributed by atoms with Crippen molar-refractivity contribution < 1.29 is 13.9 Å². The van der Waals surface area contributed by atoms with E-state index in [1.54, 1.807) is 6.07 Å². The van der Waals surface area contributed by atoms with Crippen LogP contribution < -0.4 is 10.1 Å². The summed E-state index contributed by atoms with van der Waals surface area (Å²) in [5.41, 5.74) is 0.0673. The second-order valence-electron chi connectivity index (χ2n) is 3.87. The lowest BCUT2D eigenvalue weighted by Crippen LogP contribution is -2.34. The van der Waals surface area contributed by atoms with Crippen LogP contribution in [0.3, 0.4) is 0 Å². The lowest BCUT2D eigenvalue weighted by molar-refractivity contribution is 0.111. The van der Waals surface area contributed by atoms with Gasteiger partial charge in [-0.1, -0.05) is 0 Å². The summed E-state index contributed by atoms with van der Waals surface area (Å²) >= 11 is 0. The second kappa shape index (κ2) is 5.07. The van der Waals surface area contributed by atoms with E-state index in [4.69, 9.17) is 4.74 Å². The first-order chi connectivity index (χ1) is 7.79. The highest BCUT2D eigenvalue weighted by Gasteiger charge is 2.14. The molecule has 2 rings (SSSR count). The Morgan fingerprint density at radius 3 is 2.75 bits per heavy atom. The molecular formula is C12H14FNO2. The summed E-state index contributed by atoms with van der Waals surface area (Å²) in [6.07, 6.45) is 2.50. The second-order valence-corrected chi connectivity index (χ2v) is 3.87. The van der Waals surface area contributed by atoms with Gasteiger partial charge in [0, 0.05) is 6.07 Å². The Kier molecular flexibility index (Phi) is 3.51. The molecule has 0 aromatic heterocycles. The van der Waals surface area contributed by atoms with Crippen molar-refractivity contribution in [3.8, 4) is 5.75 Å². The normalized spacial score (nSPS) is 17.1. The first kappa shape index (κ1) is 11.1. The van der Waals surface area contributed by atoms with Gasteiger partial charge in [0.2, 0.25) is 0 Å². The minimum atomic E-state index is -0.526. The average molecular weight is 223 g/mol. The molecule has 4 heteroatoms. The van der Waals surface area contributed by atoms with Crippen LogP contribution in [0.5, 0.6) is 5.75 Å². The van der Waals surface area contributed by atoms with E-state index in [0.29, 0.717) is 12.0 Å². The predicted molar refractivity (Wildman–Crippen MR) is 58.3 cm³/mol. The van der Waals surface area contributed by atoms with E-state index in [0.717, 1.165) is 25.9 Å². The molecule has 1 aromatic carbocycles. The zero-order valence-corrected chi connectivity index (χ0v) is 8.91. The van der Waals surface area contributed by atoms with Crippen LogP contribution in [0.4, 0.5) is 4.39 Å². The molecule has 0 radical (unpaired) electrons. The summed E-state index contributed by atoms with van der Waals surface area (Å²) in [6, 6.07) is 4.35. The molecule has 1 aromatic rings. The molecule has 0 bridgehead atoms. The van der Waals surface area contributed by atoms with Crippen LogP contribution in [-0.4, -0.2) is 25.5 Å². The van der Waals surface area contributed by atoms with Gasteiger partial charge < -0.3 is 10.1 Å². The Morgan fingerprint density at radius 2 is 2.12 bits per heavy atom. The summed E-state index contributed by atoms with van der Waals surface area (Å²) in [4.78, 5) is 10.4. The van der Waals surface area contributed by atoms with Gasteiger partial charge in [0.05, 0.1) is 5.56 Å². The first-order valence-corrected chi connectivity index (χ1v) is 5.41. The van der Waals surface area contributed by atoms with E-state index in [1.165, 1.54) is 12.1 Å². The summed E-state index contributed by atoms with van der Waals surface area (Å²) in [5, 5.41) is 3.23. The number of aldehydes is 1. The predicted octanol–water partition coefficient (Wildman–Crippen LogP) is 1.77. The molecule has 1 saturated heterocycles. The van der Waals surface area contributed by atoms with Gasteiger partial charge in [-0.05, 0) is 38.1 Å². The smallest absolute Gasteiger partial charge is 0.152 e. The number of nitrogens with one attached hydrogen (secondary N) is 1. The number of rotatable bonds is 3. The van der Waals surface area contributed by atoms with Crippen LogP contribution in [0.2, 0.25) is 0 Å². The highest BCUT2D eigenvalue weighted by atomic mass is 19.1. The first-order valence-electron chi connectivity index (χ1n) is 5.41. The van der Waals surface area contributed by atoms with Crippen molar-refractivity contribution in [3.05, 3.63) is 29.6 Å². The standard InChI is InChI=1S/C12H14FNO2/c13-12-7-11(2-1-9(12)8-15)16-10-3-5-14-6-4-10/h1-2,7-8,10,14H,3-6H2. The minimum Gasteiger partial charge on any atom is -0.490 e. The van der Waals surface area contributed by atoms with Gasteiger partial charge >= 0.3 is 0 Å². The third-order valence-electron chi connectivity index (χ3n) is 2.69. The molecule has 1 N–H and O–H groups in total. The molecule has 1 aliphatic heterocycles. The summed E-state index contributed by atoms with van der Waals surface area (Å²) in [6.45, 7) is 1.86. The van der Waals surface area contributed by atoms with Crippen LogP contribution >= 0.6 is 0 Å². The highest BCUT2D eigenvalue weighted by molar-refractivity contribution is 5.75. The SMILES string of the molecule is O=Cc1ccc(OC2CCNCC2)cc1F. The highest BCUT2D eigenvalue weighted by Crippen LogP contribution is 2.19. The summed E-state index contributed by atoms with van der Waals surface area (Å²) in [7, 11) is 0. The van der Waals surface area contributed by atoms with E-state index in [2.05, 4.69) is 5.32 Å². The molecule has 0 amide bonds. The third kappa shape index (κ3) is 2.58. The quantitative estimate of drug-likeness (QED) is 0.794. The van der Waals surface area contributed by atoms with Crippen LogP contribution in [0.25, 0.3) is 0 Å². The average Bonchev–Trinajstić information content (AvgIpc) is 2.31. The molecule has 86 valence electrons. The van der Waals surface area contributed by atoms with E-state index in [9.17, 15) is 9.18 Å². The molecule has 0 saturated carbocycles. The lowest BCUT2D eigenvalue weighted by Gasteiger charge is -2.23. The van der Waals surface area contributed by atoms with E-state index < -0.39 is 5.82 Å². The number of benzene rings is 1. The number of ether oxygens (including phenoxy) is 1. The Hall–Kier alpha value is -1.42. The molecule has 0 unspecified atom stereocenters. The van der Waals surface area contributed by atoms with Crippen molar-refractivity contribution in [2.75, 3.05) is 13.1 Å². The van der Waals surface area contributed by atoms with Gasteiger partial charge in [-0.2, -0.15) is 0 Å². The van der Waals surface area contributed by atoms with Crippen molar-refractivity contribution >= 4 is 6.29 Å². The maximum Gasteiger partial charge on any atom is 0.152 e. The number of carbonyl (C=O) groups excluding carboxylic acids is 1. The van der Waals surface area contributed by atoms with Crippen LogP contribution in [0.15, 0.2) is 18.2 Å². The van der Waals surface area contributed by atoms with Crippen LogP contribution in [0, 0.1) is 5.82 Å². The number of hydrogen-bond acceptors (Lipinski definition) is 3. The molecule has 0 atom stereocenters. The Morgan fingerprint density at radius 1 is 1.38 bits per heavy atom. The van der Waals surface area contributed by atoms with Crippen LogP contribution in [0.1, 0.15) is 23.2 Å². The molecule has 1 aliphatic rings. The van der Waals surface area contributed by atoms with Gasteiger partial charge in [0.15, 0.2) is 6.29 Å². The van der Waals surface area contributed by atoms with Crippen molar-refractivity contribution in [3.63, 3.8) is 0 Å². The molecule has 1 heterocycles. The molecule has 1 fully saturated rings. The minimum absolute atomic E-state index is 0.0673. The Bertz CT molecular complexity index is 375. The van der Waals surface area contributed by atoms with E-state index in [-0.39, 0.29) is 11.7 Å². The molecule has 16 heavy (non-hydrogen) atoms. The van der Waals surface area contributed by atoms with Gasteiger partial charge in [0.25, 0.3) is 0 Å². The van der Waals surface area contributed by atoms with Crippen molar-refractivity contribution in [2.24, 2.45) is 0 Å². The largest absolute Gasteiger partial charge is 0.490 e. The third-order valence-corrected chi connectivity index (χ3v) is 2.69. The molecular weight excluding hydrogens is 209 g/mol. The molecule has 0 spiro atoms. The Labute approximate surface area is 93.6 Å². The molecule has 0 aliphatic carbocycles. The van der Waals surface area contributed by atoms with Crippen molar-refractivity contribution in [1.29, 1.82) is 0 Å². The zero-order chi connectivity index (χ0) is 11.4. The monoisotopic (exact) mass is 223 g/mol. The Balaban J connectivity index is 2.03. The molecule has 3 nitrogen and oxygen atoms in total. The van der Waals surface area contributed by atoms with Gasteiger partial charge in [0.1, 0.15) is 17.7 Å².